The Morgan fingerprint density at radius 1 is 1.00 bits per heavy atom. The first-order valence-corrected chi connectivity index (χ1v) is 13.4. The van der Waals surface area contributed by atoms with Gasteiger partial charge in [-0.25, -0.2) is 14.4 Å². The molecule has 3 N–H and O–H groups in total. The number of nitrogens with one attached hydrogen (secondary N) is 3. The summed E-state index contributed by atoms with van der Waals surface area (Å²) in [5.74, 6) is -0.101. The van der Waals surface area contributed by atoms with Crippen molar-refractivity contribution < 1.29 is 9.18 Å². The average molecular weight is 546 g/mol. The van der Waals surface area contributed by atoms with Crippen molar-refractivity contribution in [2.24, 2.45) is 0 Å². The van der Waals surface area contributed by atoms with E-state index < -0.39 is 5.82 Å². The number of hydrogen-bond acceptors (Lipinski definition) is 6. The van der Waals surface area contributed by atoms with Gasteiger partial charge in [-0.1, -0.05) is 30.3 Å². The van der Waals surface area contributed by atoms with Gasteiger partial charge in [0.05, 0.1) is 23.8 Å². The van der Waals surface area contributed by atoms with Crippen LogP contribution in [-0.4, -0.2) is 36.0 Å². The number of carbonyl (C=O) groups is 1. The molecule has 10 heteroatoms. The van der Waals surface area contributed by atoms with Crippen molar-refractivity contribution in [3.05, 3.63) is 101 Å². The predicted molar refractivity (Wildman–Crippen MR) is 154 cm³/mol. The Hall–Kier alpha value is -5.22. The molecule has 0 aliphatic rings. The van der Waals surface area contributed by atoms with E-state index in [1.165, 1.54) is 6.07 Å². The third-order valence-electron chi connectivity index (χ3n) is 6.63. The summed E-state index contributed by atoms with van der Waals surface area (Å²) in [5, 5.41) is 15.0. The van der Waals surface area contributed by atoms with Crippen LogP contribution in [-0.2, 0) is 11.2 Å². The molecule has 0 radical (unpaired) electrons. The first-order valence-electron chi connectivity index (χ1n) is 12.5. The van der Waals surface area contributed by atoms with Crippen molar-refractivity contribution in [2.45, 2.75) is 6.42 Å². The summed E-state index contributed by atoms with van der Waals surface area (Å²) in [4.78, 5) is 29.3. The van der Waals surface area contributed by atoms with Gasteiger partial charge in [-0.2, -0.15) is 16.4 Å². The fourth-order valence-electron chi connectivity index (χ4n) is 4.76. The zero-order valence-corrected chi connectivity index (χ0v) is 21.7. The third kappa shape index (κ3) is 4.40. The maximum absolute atomic E-state index is 15.3. The average Bonchev–Trinajstić information content (AvgIpc) is 3.72. The van der Waals surface area contributed by atoms with E-state index in [4.69, 9.17) is 4.98 Å². The van der Waals surface area contributed by atoms with E-state index in [1.54, 1.807) is 42.1 Å². The SMILES string of the molecule is O=C(Cc1ccccc1)Nc1cncc(-c2cc3c(-c4nc5c(-c6ccsc6)ccnc5[nH]4)n[nH]c3cc2F)c1. The maximum atomic E-state index is 15.3. The third-order valence-corrected chi connectivity index (χ3v) is 7.32. The van der Waals surface area contributed by atoms with Crippen LogP contribution in [0.4, 0.5) is 10.1 Å². The topological polar surface area (TPSA) is 112 Å². The highest BCUT2D eigenvalue weighted by molar-refractivity contribution is 7.08. The van der Waals surface area contributed by atoms with Crippen LogP contribution in [0.15, 0.2) is 90.0 Å². The lowest BCUT2D eigenvalue weighted by atomic mass is 10.0. The Morgan fingerprint density at radius 2 is 1.90 bits per heavy atom. The Kier molecular flexibility index (Phi) is 5.86. The molecule has 0 spiro atoms. The molecule has 40 heavy (non-hydrogen) atoms. The van der Waals surface area contributed by atoms with Crippen LogP contribution in [0.1, 0.15) is 5.56 Å². The molecule has 7 rings (SSSR count). The van der Waals surface area contributed by atoms with Crippen molar-refractivity contribution >= 4 is 45.0 Å². The normalized spacial score (nSPS) is 11.3. The quantitative estimate of drug-likeness (QED) is 0.218. The molecule has 194 valence electrons. The number of pyridine rings is 2. The lowest BCUT2D eigenvalue weighted by Crippen LogP contribution is -2.14. The zero-order chi connectivity index (χ0) is 27.1. The van der Waals surface area contributed by atoms with Gasteiger partial charge in [-0.05, 0) is 46.2 Å². The van der Waals surface area contributed by atoms with E-state index >= 15 is 4.39 Å². The molecular weight excluding hydrogens is 525 g/mol. The number of anilines is 1. The Bertz CT molecular complexity index is 2000. The minimum atomic E-state index is -0.441. The van der Waals surface area contributed by atoms with E-state index in [0.29, 0.717) is 44.9 Å². The second-order valence-corrected chi connectivity index (χ2v) is 10.1. The molecule has 1 amide bonds. The number of imidazole rings is 1. The molecule has 0 atom stereocenters. The molecule has 0 unspecified atom stereocenters. The number of aromatic nitrogens is 6. The number of nitrogens with zero attached hydrogens (tertiary/aromatic N) is 4. The van der Waals surface area contributed by atoms with E-state index in [0.717, 1.165) is 22.2 Å². The van der Waals surface area contributed by atoms with Gasteiger partial charge in [0, 0.05) is 40.5 Å². The number of aromatic amines is 2. The molecule has 2 aromatic carbocycles. The number of benzene rings is 2. The van der Waals surface area contributed by atoms with Gasteiger partial charge in [-0.3, -0.25) is 14.9 Å². The van der Waals surface area contributed by atoms with Gasteiger partial charge in [0.25, 0.3) is 0 Å². The Morgan fingerprint density at radius 3 is 2.75 bits per heavy atom. The number of thiophene rings is 1. The van der Waals surface area contributed by atoms with Crippen molar-refractivity contribution in [3.63, 3.8) is 0 Å². The van der Waals surface area contributed by atoms with Crippen LogP contribution in [0.25, 0.3) is 55.8 Å². The van der Waals surface area contributed by atoms with Crippen molar-refractivity contribution in [2.75, 3.05) is 5.32 Å². The monoisotopic (exact) mass is 545 g/mol. The second-order valence-electron chi connectivity index (χ2n) is 9.28. The first-order chi connectivity index (χ1) is 19.6. The summed E-state index contributed by atoms with van der Waals surface area (Å²) >= 11 is 1.61. The van der Waals surface area contributed by atoms with Crippen LogP contribution in [0, 0.1) is 5.82 Å². The van der Waals surface area contributed by atoms with E-state index in [9.17, 15) is 4.79 Å². The highest BCUT2D eigenvalue weighted by Crippen LogP contribution is 2.34. The fraction of sp³-hybridized carbons (Fsp3) is 0.0333. The lowest BCUT2D eigenvalue weighted by Gasteiger charge is -2.08. The van der Waals surface area contributed by atoms with Crippen molar-refractivity contribution in [1.82, 2.24) is 30.1 Å². The minimum absolute atomic E-state index is 0.182. The number of amides is 1. The van der Waals surface area contributed by atoms with E-state index in [-0.39, 0.29) is 12.3 Å². The molecule has 0 fully saturated rings. The highest BCUT2D eigenvalue weighted by atomic mass is 32.1. The smallest absolute Gasteiger partial charge is 0.228 e. The summed E-state index contributed by atoms with van der Waals surface area (Å²) in [5.41, 5.74) is 6.72. The number of halogens is 1. The number of hydrogen-bond donors (Lipinski definition) is 3. The molecule has 7 aromatic rings. The first kappa shape index (κ1) is 23.9. The highest BCUT2D eigenvalue weighted by Gasteiger charge is 2.18. The van der Waals surface area contributed by atoms with Gasteiger partial charge in [0.2, 0.25) is 5.91 Å². The predicted octanol–water partition coefficient (Wildman–Crippen LogP) is 6.61. The van der Waals surface area contributed by atoms with Crippen LogP contribution < -0.4 is 5.32 Å². The summed E-state index contributed by atoms with van der Waals surface area (Å²) in [6.45, 7) is 0. The van der Waals surface area contributed by atoms with Crippen LogP contribution in [0.5, 0.6) is 0 Å². The maximum Gasteiger partial charge on any atom is 0.228 e. The van der Waals surface area contributed by atoms with Gasteiger partial charge in [-0.15, -0.1) is 0 Å². The largest absolute Gasteiger partial charge is 0.324 e. The van der Waals surface area contributed by atoms with Gasteiger partial charge < -0.3 is 10.3 Å². The second kappa shape index (κ2) is 9.83. The van der Waals surface area contributed by atoms with Crippen molar-refractivity contribution in [3.8, 4) is 33.8 Å². The zero-order valence-electron chi connectivity index (χ0n) is 20.9. The van der Waals surface area contributed by atoms with Gasteiger partial charge in [0.15, 0.2) is 11.5 Å². The van der Waals surface area contributed by atoms with E-state index in [2.05, 4.69) is 35.8 Å². The minimum Gasteiger partial charge on any atom is -0.324 e. The number of fused-ring (bicyclic) bond motifs is 2. The number of carbonyl (C=O) groups excluding carboxylic acids is 1. The Balaban J connectivity index is 1.24. The Labute approximate surface area is 231 Å². The molecule has 5 aromatic heterocycles. The lowest BCUT2D eigenvalue weighted by molar-refractivity contribution is -0.115. The summed E-state index contributed by atoms with van der Waals surface area (Å²) < 4.78 is 15.3. The number of rotatable bonds is 6. The van der Waals surface area contributed by atoms with Crippen LogP contribution in [0.3, 0.4) is 0 Å². The molecule has 5 heterocycles. The number of H-pyrrole nitrogens is 2. The van der Waals surface area contributed by atoms with Crippen LogP contribution in [0.2, 0.25) is 0 Å². The summed E-state index contributed by atoms with van der Waals surface area (Å²) in [6, 6.07) is 18.3. The summed E-state index contributed by atoms with van der Waals surface area (Å²) in [7, 11) is 0. The molecular formula is C30H20FN7OS. The standard InChI is InChI=1S/C30H20FN7OS/c31-24-13-25-23(12-22(24)19-11-20(15-32-14-19)34-26(39)10-17-4-2-1-3-5-17)28(38-37-25)30-35-27-21(18-7-9-40-16-18)6-8-33-29(27)36-30/h1-9,11-16H,10H2,(H,34,39)(H,37,38)(H,33,35,36). The molecule has 0 aliphatic carbocycles. The molecule has 0 aliphatic heterocycles. The molecule has 0 saturated heterocycles. The van der Waals surface area contributed by atoms with Crippen molar-refractivity contribution in [1.29, 1.82) is 0 Å². The van der Waals surface area contributed by atoms with Gasteiger partial charge in [0.1, 0.15) is 17.0 Å². The fourth-order valence-corrected chi connectivity index (χ4v) is 5.41. The van der Waals surface area contributed by atoms with Gasteiger partial charge >= 0.3 is 0 Å². The molecule has 0 bridgehead atoms. The molecule has 0 saturated carbocycles. The van der Waals surface area contributed by atoms with E-state index in [1.807, 2.05) is 47.8 Å². The van der Waals surface area contributed by atoms with Crippen LogP contribution >= 0.6 is 11.3 Å². The molecule has 8 nitrogen and oxygen atoms in total. The summed E-state index contributed by atoms with van der Waals surface area (Å²) in [6.07, 6.45) is 5.07.